The molecule has 1 aliphatic heterocycles. The number of rotatable bonds is 5. The van der Waals surface area contributed by atoms with E-state index in [2.05, 4.69) is 25.2 Å². The van der Waals surface area contributed by atoms with Crippen LogP contribution in [0.5, 0.6) is 0 Å². The molecule has 1 aliphatic rings. The zero-order valence-electron chi connectivity index (χ0n) is 17.7. The summed E-state index contributed by atoms with van der Waals surface area (Å²) in [5.74, 6) is 1.51. The van der Waals surface area contributed by atoms with Gasteiger partial charge >= 0.3 is 0 Å². The van der Waals surface area contributed by atoms with Crippen molar-refractivity contribution < 1.29 is 4.79 Å². The van der Waals surface area contributed by atoms with Gasteiger partial charge in [0.1, 0.15) is 0 Å². The number of imidazole rings is 1. The molecule has 8 nitrogen and oxygen atoms in total. The van der Waals surface area contributed by atoms with Gasteiger partial charge in [0.15, 0.2) is 11.0 Å². The highest BCUT2D eigenvalue weighted by Gasteiger charge is 2.27. The number of anilines is 2. The number of hydrogen-bond acceptors (Lipinski definition) is 7. The van der Waals surface area contributed by atoms with Gasteiger partial charge < -0.3 is 14.8 Å². The van der Waals surface area contributed by atoms with E-state index in [-0.39, 0.29) is 11.8 Å². The SMILES string of the molecule is Cn1ccnc1-c1sc(NC(=O)C2CCN(c3ncccn3)CC2)nc1-c1ccccc1. The summed E-state index contributed by atoms with van der Waals surface area (Å²) in [4.78, 5) is 34.0. The van der Waals surface area contributed by atoms with Crippen molar-refractivity contribution in [2.45, 2.75) is 12.8 Å². The molecular formula is C23H23N7OS. The molecule has 1 fully saturated rings. The third-order valence-electron chi connectivity index (χ3n) is 5.63. The number of hydrogen-bond donors (Lipinski definition) is 1. The van der Waals surface area contributed by atoms with Crippen LogP contribution in [0.4, 0.5) is 11.1 Å². The Bertz CT molecular complexity index is 1200. The summed E-state index contributed by atoms with van der Waals surface area (Å²) in [6.45, 7) is 1.52. The van der Waals surface area contributed by atoms with Crippen LogP contribution < -0.4 is 10.2 Å². The lowest BCUT2D eigenvalue weighted by Gasteiger charge is -2.30. The Balaban J connectivity index is 1.33. The van der Waals surface area contributed by atoms with Gasteiger partial charge in [0, 0.05) is 56.4 Å². The van der Waals surface area contributed by atoms with E-state index < -0.39 is 0 Å². The number of thiazole rings is 1. The minimum atomic E-state index is -0.0596. The zero-order valence-corrected chi connectivity index (χ0v) is 18.5. The van der Waals surface area contributed by atoms with Crippen LogP contribution in [0.25, 0.3) is 22.0 Å². The second-order valence-electron chi connectivity index (χ2n) is 7.72. The predicted molar refractivity (Wildman–Crippen MR) is 125 cm³/mol. The van der Waals surface area contributed by atoms with Gasteiger partial charge in [0.25, 0.3) is 0 Å². The molecule has 5 rings (SSSR count). The number of aryl methyl sites for hydroxylation is 1. The van der Waals surface area contributed by atoms with Gasteiger partial charge in [-0.05, 0) is 18.9 Å². The molecule has 1 saturated heterocycles. The van der Waals surface area contributed by atoms with E-state index in [4.69, 9.17) is 4.98 Å². The van der Waals surface area contributed by atoms with Crippen LogP contribution in [0.1, 0.15) is 12.8 Å². The van der Waals surface area contributed by atoms with Crippen LogP contribution in [0.3, 0.4) is 0 Å². The summed E-state index contributed by atoms with van der Waals surface area (Å²) in [5.41, 5.74) is 1.83. The standard InChI is InChI=1S/C23H23N7OS/c1-29-15-12-24-20(29)19-18(16-6-3-2-4-7-16)27-23(32-19)28-21(31)17-8-13-30(14-9-17)22-25-10-5-11-26-22/h2-7,10-12,15,17H,8-9,13-14H2,1H3,(H,27,28,31). The fraction of sp³-hybridized carbons (Fsp3) is 0.261. The summed E-state index contributed by atoms with van der Waals surface area (Å²) in [5, 5.41) is 3.66. The highest BCUT2D eigenvalue weighted by atomic mass is 32.1. The molecule has 0 saturated carbocycles. The molecular weight excluding hydrogens is 422 g/mol. The van der Waals surface area contributed by atoms with E-state index >= 15 is 0 Å². The molecule has 9 heteroatoms. The second kappa shape index (κ2) is 8.88. The van der Waals surface area contributed by atoms with E-state index in [0.29, 0.717) is 5.13 Å². The molecule has 0 spiro atoms. The van der Waals surface area contributed by atoms with Crippen LogP contribution in [0.2, 0.25) is 0 Å². The number of aromatic nitrogens is 5. The molecule has 4 aromatic rings. The van der Waals surface area contributed by atoms with Gasteiger partial charge in [-0.15, -0.1) is 0 Å². The van der Waals surface area contributed by atoms with Gasteiger partial charge in [0.2, 0.25) is 11.9 Å². The van der Waals surface area contributed by atoms with Gasteiger partial charge in [-0.1, -0.05) is 41.7 Å². The van der Waals surface area contributed by atoms with Crippen molar-refractivity contribution in [1.29, 1.82) is 0 Å². The summed E-state index contributed by atoms with van der Waals surface area (Å²) in [6, 6.07) is 11.8. The van der Waals surface area contributed by atoms with Crippen molar-refractivity contribution in [2.75, 3.05) is 23.3 Å². The fourth-order valence-corrected chi connectivity index (χ4v) is 4.93. The summed E-state index contributed by atoms with van der Waals surface area (Å²) >= 11 is 1.46. The minimum Gasteiger partial charge on any atom is -0.341 e. The summed E-state index contributed by atoms with van der Waals surface area (Å²) in [7, 11) is 1.96. The molecule has 0 unspecified atom stereocenters. The zero-order chi connectivity index (χ0) is 21.9. The number of carbonyl (C=O) groups is 1. The van der Waals surface area contributed by atoms with Gasteiger partial charge in [0.05, 0.1) is 10.6 Å². The molecule has 0 aliphatic carbocycles. The monoisotopic (exact) mass is 445 g/mol. The number of piperidine rings is 1. The van der Waals surface area contributed by atoms with Crippen LogP contribution in [0, 0.1) is 5.92 Å². The Hall–Kier alpha value is -3.59. The second-order valence-corrected chi connectivity index (χ2v) is 8.72. The average Bonchev–Trinajstić information content (AvgIpc) is 3.46. The first-order valence-electron chi connectivity index (χ1n) is 10.6. The Morgan fingerprint density at radius 3 is 2.47 bits per heavy atom. The lowest BCUT2D eigenvalue weighted by Crippen LogP contribution is -2.38. The van der Waals surface area contributed by atoms with E-state index in [1.807, 2.05) is 48.1 Å². The van der Waals surface area contributed by atoms with Crippen LogP contribution in [0.15, 0.2) is 61.2 Å². The van der Waals surface area contributed by atoms with Crippen molar-refractivity contribution in [2.24, 2.45) is 13.0 Å². The smallest absolute Gasteiger partial charge is 0.229 e. The lowest BCUT2D eigenvalue weighted by atomic mass is 9.96. The molecule has 0 atom stereocenters. The first kappa shape index (κ1) is 20.3. The van der Waals surface area contributed by atoms with Gasteiger partial charge in [-0.2, -0.15) is 0 Å². The third-order valence-corrected chi connectivity index (χ3v) is 6.60. The first-order chi connectivity index (χ1) is 15.7. The first-order valence-corrected chi connectivity index (χ1v) is 11.4. The van der Waals surface area contributed by atoms with E-state index in [0.717, 1.165) is 53.8 Å². The highest BCUT2D eigenvalue weighted by molar-refractivity contribution is 7.19. The Morgan fingerprint density at radius 1 is 1.03 bits per heavy atom. The van der Waals surface area contributed by atoms with Gasteiger partial charge in [-0.3, -0.25) is 4.79 Å². The number of nitrogens with one attached hydrogen (secondary N) is 1. The van der Waals surface area contributed by atoms with E-state index in [1.54, 1.807) is 24.7 Å². The van der Waals surface area contributed by atoms with Crippen molar-refractivity contribution in [1.82, 2.24) is 24.5 Å². The van der Waals surface area contributed by atoms with E-state index in [1.165, 1.54) is 11.3 Å². The summed E-state index contributed by atoms with van der Waals surface area (Å²) < 4.78 is 1.97. The third kappa shape index (κ3) is 4.11. The maximum absolute atomic E-state index is 13.0. The Kier molecular flexibility index (Phi) is 5.64. The molecule has 3 aromatic heterocycles. The fourth-order valence-electron chi connectivity index (χ4n) is 3.90. The molecule has 4 heterocycles. The molecule has 0 radical (unpaired) electrons. The maximum Gasteiger partial charge on any atom is 0.229 e. The van der Waals surface area contributed by atoms with Gasteiger partial charge in [-0.25, -0.2) is 19.9 Å². The molecule has 162 valence electrons. The minimum absolute atomic E-state index is 0.0124. The highest BCUT2D eigenvalue weighted by Crippen LogP contribution is 2.38. The molecule has 0 bridgehead atoms. The number of carbonyl (C=O) groups excluding carboxylic acids is 1. The van der Waals surface area contributed by atoms with E-state index in [9.17, 15) is 4.79 Å². The number of benzene rings is 1. The largest absolute Gasteiger partial charge is 0.341 e. The Morgan fingerprint density at radius 2 is 1.78 bits per heavy atom. The van der Waals surface area contributed by atoms with Crippen LogP contribution in [-0.2, 0) is 11.8 Å². The topological polar surface area (TPSA) is 88.8 Å². The Labute approximate surface area is 190 Å². The number of amides is 1. The van der Waals surface area contributed by atoms with Crippen molar-refractivity contribution in [3.63, 3.8) is 0 Å². The molecule has 1 N–H and O–H groups in total. The molecule has 32 heavy (non-hydrogen) atoms. The normalized spacial score (nSPS) is 14.5. The summed E-state index contributed by atoms with van der Waals surface area (Å²) in [6.07, 6.45) is 8.68. The molecule has 1 aromatic carbocycles. The predicted octanol–water partition coefficient (Wildman–Crippen LogP) is 3.86. The molecule has 1 amide bonds. The van der Waals surface area contributed by atoms with Crippen LogP contribution >= 0.6 is 11.3 Å². The van der Waals surface area contributed by atoms with Crippen molar-refractivity contribution >= 4 is 28.3 Å². The van der Waals surface area contributed by atoms with Crippen molar-refractivity contribution in [3.8, 4) is 22.0 Å². The maximum atomic E-state index is 13.0. The average molecular weight is 446 g/mol. The van der Waals surface area contributed by atoms with Crippen LogP contribution in [-0.4, -0.2) is 43.5 Å². The quantitative estimate of drug-likeness (QED) is 0.502. The number of nitrogens with zero attached hydrogens (tertiary/aromatic N) is 6. The van der Waals surface area contributed by atoms with Crippen molar-refractivity contribution in [3.05, 3.63) is 61.2 Å². The lowest BCUT2D eigenvalue weighted by molar-refractivity contribution is -0.120.